The van der Waals surface area contributed by atoms with E-state index in [1.165, 1.54) is 55.3 Å². The lowest BCUT2D eigenvalue weighted by atomic mass is 9.52. The molecule has 2 unspecified atom stereocenters. The van der Waals surface area contributed by atoms with Crippen molar-refractivity contribution in [1.82, 2.24) is 4.90 Å². The van der Waals surface area contributed by atoms with E-state index in [2.05, 4.69) is 43.0 Å². The standard InChI is InChI=1S/C23H31NO.C4H6O6.H2O/c1-16(2)9-12-24-13-11-23-10-5-4-6-20(23)22(24)15-19-8-7-18(17(3)25)14-21(19)23;5-1(3(7)8)2(6)4(9)10;/h7-9,14,20,22H,4-6,10-13,15H2,1-3H3;1-2,5-6H,(H,7,8)(H,9,10);1H2/t20-,22+,23+;;/m0../s1. The fourth-order valence-corrected chi connectivity index (χ4v) is 6.10. The number of allylic oxidation sites excluding steroid dienone is 1. The van der Waals surface area contributed by atoms with E-state index in [1.807, 2.05) is 0 Å². The molecule has 9 nitrogen and oxygen atoms in total. The van der Waals surface area contributed by atoms with Gasteiger partial charge in [-0.25, -0.2) is 9.59 Å². The number of benzene rings is 1. The number of carboxylic acid groups (broad SMARTS) is 2. The summed E-state index contributed by atoms with van der Waals surface area (Å²) in [6, 6.07) is 7.26. The number of Topliss-reactive ketones (excluding diaryl/α,β-unsaturated/α-hetero) is 1. The van der Waals surface area contributed by atoms with Gasteiger partial charge in [0.1, 0.15) is 0 Å². The molecular weight excluding hydrogens is 466 g/mol. The SMILES string of the molecule is CC(=O)c1ccc2c(c1)[C@@]13CCCC[C@H]1[C@@H](C2)N(CC=C(C)C)CC3.O.O=C(O)C(O)C(O)C(=O)O. The van der Waals surface area contributed by atoms with Crippen LogP contribution in [0.15, 0.2) is 29.8 Å². The molecule has 2 fully saturated rings. The molecule has 1 saturated heterocycles. The highest BCUT2D eigenvalue weighted by Gasteiger charge is 2.53. The summed E-state index contributed by atoms with van der Waals surface area (Å²) in [6.45, 7) is 8.41. The number of aliphatic hydroxyl groups is 2. The zero-order valence-corrected chi connectivity index (χ0v) is 21.2. The Morgan fingerprint density at radius 1 is 1.06 bits per heavy atom. The van der Waals surface area contributed by atoms with E-state index in [9.17, 15) is 14.4 Å². The van der Waals surface area contributed by atoms with Crippen LogP contribution in [-0.2, 0) is 21.4 Å². The minimum absolute atomic E-state index is 0. The minimum atomic E-state index is -2.27. The smallest absolute Gasteiger partial charge is 0.335 e. The second kappa shape index (κ2) is 12.1. The number of carbonyl (C=O) groups is 3. The molecule has 6 N–H and O–H groups in total. The van der Waals surface area contributed by atoms with Gasteiger partial charge in [0.05, 0.1) is 0 Å². The van der Waals surface area contributed by atoms with Crippen molar-refractivity contribution in [3.05, 3.63) is 46.5 Å². The van der Waals surface area contributed by atoms with E-state index in [0.29, 0.717) is 11.5 Å². The number of piperidine rings is 1. The summed E-state index contributed by atoms with van der Waals surface area (Å²) in [5, 5.41) is 32.5. The Morgan fingerprint density at radius 3 is 2.25 bits per heavy atom. The number of carbonyl (C=O) groups excluding carboxylic acids is 1. The molecular formula is C27H39NO8. The fourth-order valence-electron chi connectivity index (χ4n) is 6.10. The first-order chi connectivity index (χ1) is 16.5. The summed E-state index contributed by atoms with van der Waals surface area (Å²) < 4.78 is 0. The third-order valence-electron chi connectivity index (χ3n) is 7.90. The van der Waals surface area contributed by atoms with Crippen LogP contribution in [-0.4, -0.2) is 79.9 Å². The van der Waals surface area contributed by atoms with Crippen molar-refractivity contribution in [2.24, 2.45) is 5.92 Å². The molecule has 0 amide bonds. The monoisotopic (exact) mass is 505 g/mol. The summed E-state index contributed by atoms with van der Waals surface area (Å²) in [5.41, 5.74) is 5.70. The number of fused-ring (bicyclic) bond motifs is 1. The van der Waals surface area contributed by atoms with Crippen molar-refractivity contribution >= 4 is 17.7 Å². The highest BCUT2D eigenvalue weighted by atomic mass is 16.4. The van der Waals surface area contributed by atoms with Gasteiger partial charge in [-0.2, -0.15) is 0 Å². The number of rotatable bonds is 6. The van der Waals surface area contributed by atoms with Gasteiger partial charge in [-0.1, -0.05) is 36.6 Å². The molecule has 1 aliphatic heterocycles. The van der Waals surface area contributed by atoms with Gasteiger partial charge in [0, 0.05) is 23.6 Å². The second-order valence-electron chi connectivity index (χ2n) is 10.3. The Morgan fingerprint density at radius 2 is 1.69 bits per heavy atom. The first-order valence-corrected chi connectivity index (χ1v) is 12.3. The molecule has 9 heteroatoms. The Kier molecular flexibility index (Phi) is 9.96. The molecule has 2 aliphatic carbocycles. The molecule has 0 aromatic heterocycles. The third kappa shape index (κ3) is 6.03. The highest BCUT2D eigenvalue weighted by Crippen LogP contribution is 2.55. The maximum absolute atomic E-state index is 11.9. The molecule has 1 aromatic carbocycles. The van der Waals surface area contributed by atoms with Crippen LogP contribution in [0.4, 0.5) is 0 Å². The maximum Gasteiger partial charge on any atom is 0.335 e. The van der Waals surface area contributed by atoms with E-state index < -0.39 is 24.1 Å². The molecule has 0 radical (unpaired) electrons. The van der Waals surface area contributed by atoms with Crippen LogP contribution >= 0.6 is 0 Å². The van der Waals surface area contributed by atoms with Crippen LogP contribution in [0.5, 0.6) is 0 Å². The number of nitrogens with zero attached hydrogens (tertiary/aromatic N) is 1. The molecule has 200 valence electrons. The summed E-state index contributed by atoms with van der Waals surface area (Å²) in [4.78, 5) is 34.2. The average Bonchev–Trinajstić information content (AvgIpc) is 2.82. The van der Waals surface area contributed by atoms with Crippen LogP contribution in [0.1, 0.15) is 74.4 Å². The number of hydrogen-bond donors (Lipinski definition) is 4. The minimum Gasteiger partial charge on any atom is -0.479 e. The van der Waals surface area contributed by atoms with Gasteiger partial charge in [-0.3, -0.25) is 9.69 Å². The van der Waals surface area contributed by atoms with Crippen molar-refractivity contribution in [3.8, 4) is 0 Å². The van der Waals surface area contributed by atoms with Gasteiger partial charge in [-0.05, 0) is 76.1 Å². The maximum atomic E-state index is 11.9. The van der Waals surface area contributed by atoms with Gasteiger partial charge in [0.2, 0.25) is 0 Å². The zero-order chi connectivity index (χ0) is 25.9. The van der Waals surface area contributed by atoms with Crippen molar-refractivity contribution in [2.75, 3.05) is 13.1 Å². The van der Waals surface area contributed by atoms with Gasteiger partial charge in [-0.15, -0.1) is 0 Å². The molecule has 5 atom stereocenters. The normalized spacial score (nSPS) is 25.9. The Bertz CT molecular complexity index is 983. The Labute approximate surface area is 211 Å². The number of carboxylic acids is 2. The number of hydrogen-bond acceptors (Lipinski definition) is 6. The molecule has 1 aromatic rings. The van der Waals surface area contributed by atoms with Crippen LogP contribution in [0.3, 0.4) is 0 Å². The predicted octanol–water partition coefficient (Wildman–Crippen LogP) is 1.97. The van der Waals surface area contributed by atoms with Crippen LogP contribution < -0.4 is 0 Å². The van der Waals surface area contributed by atoms with Crippen molar-refractivity contribution in [2.45, 2.75) is 83.0 Å². The molecule has 1 saturated carbocycles. The first-order valence-electron chi connectivity index (χ1n) is 12.3. The summed E-state index contributed by atoms with van der Waals surface area (Å²) >= 11 is 0. The lowest BCUT2D eigenvalue weighted by molar-refractivity contribution is -0.165. The second-order valence-corrected chi connectivity index (χ2v) is 10.3. The lowest BCUT2D eigenvalue weighted by Gasteiger charge is -2.59. The van der Waals surface area contributed by atoms with Crippen molar-refractivity contribution in [1.29, 1.82) is 0 Å². The van der Waals surface area contributed by atoms with Gasteiger partial charge >= 0.3 is 11.9 Å². The third-order valence-corrected chi connectivity index (χ3v) is 7.90. The van der Waals surface area contributed by atoms with Crippen LogP contribution in [0, 0.1) is 5.92 Å². The summed E-state index contributed by atoms with van der Waals surface area (Å²) in [7, 11) is 0. The molecule has 1 heterocycles. The average molecular weight is 506 g/mol. The molecule has 0 spiro atoms. The predicted molar refractivity (Wildman–Crippen MR) is 134 cm³/mol. The van der Waals surface area contributed by atoms with Crippen molar-refractivity contribution < 1.29 is 40.3 Å². The van der Waals surface area contributed by atoms with Crippen LogP contribution in [0.25, 0.3) is 0 Å². The van der Waals surface area contributed by atoms with Gasteiger partial charge in [0.25, 0.3) is 0 Å². The number of aliphatic carboxylic acids is 2. The topological polar surface area (TPSA) is 167 Å². The fraction of sp³-hybridized carbons (Fsp3) is 0.593. The van der Waals surface area contributed by atoms with E-state index in [4.69, 9.17) is 20.4 Å². The Balaban J connectivity index is 0.000000357. The van der Waals surface area contributed by atoms with E-state index in [0.717, 1.165) is 24.4 Å². The molecule has 36 heavy (non-hydrogen) atoms. The van der Waals surface area contributed by atoms with E-state index in [-0.39, 0.29) is 11.3 Å². The van der Waals surface area contributed by atoms with Crippen LogP contribution in [0.2, 0.25) is 0 Å². The van der Waals surface area contributed by atoms with Gasteiger partial charge in [0.15, 0.2) is 18.0 Å². The van der Waals surface area contributed by atoms with Crippen molar-refractivity contribution in [3.63, 3.8) is 0 Å². The zero-order valence-electron chi connectivity index (χ0n) is 21.2. The quantitative estimate of drug-likeness (QED) is 0.336. The number of aliphatic hydroxyl groups excluding tert-OH is 2. The number of likely N-dealkylation sites (tertiary alicyclic amines) is 1. The first kappa shape index (κ1) is 29.6. The van der Waals surface area contributed by atoms with E-state index >= 15 is 0 Å². The molecule has 4 rings (SSSR count). The lowest BCUT2D eigenvalue weighted by Crippen LogP contribution is -2.60. The summed E-state index contributed by atoms with van der Waals surface area (Å²) in [6.07, 6.45) is 5.69. The summed E-state index contributed by atoms with van der Waals surface area (Å²) in [5.74, 6) is -2.56. The van der Waals surface area contributed by atoms with Gasteiger partial charge < -0.3 is 25.9 Å². The molecule has 2 bridgehead atoms. The number of ketones is 1. The highest BCUT2D eigenvalue weighted by molar-refractivity contribution is 5.94. The largest absolute Gasteiger partial charge is 0.479 e. The Hall–Kier alpha value is -2.59. The van der Waals surface area contributed by atoms with E-state index in [1.54, 1.807) is 6.92 Å². The molecule has 3 aliphatic rings.